The van der Waals surface area contributed by atoms with Gasteiger partial charge in [-0.25, -0.2) is 0 Å². The van der Waals surface area contributed by atoms with E-state index in [1.54, 1.807) is 0 Å². The average molecular weight is 402 g/mol. The van der Waals surface area contributed by atoms with E-state index in [9.17, 15) is 19.2 Å². The monoisotopic (exact) mass is 400 g/mol. The summed E-state index contributed by atoms with van der Waals surface area (Å²) in [6, 6.07) is 0. The van der Waals surface area contributed by atoms with Crippen LogP contribution in [0.4, 0.5) is 0 Å². The van der Waals surface area contributed by atoms with Crippen LogP contribution in [0.2, 0.25) is 0 Å². The van der Waals surface area contributed by atoms with Crippen molar-refractivity contribution in [2.75, 3.05) is 26.3 Å². The highest BCUT2D eigenvalue weighted by Crippen LogP contribution is 2.27. The molecule has 0 saturated heterocycles. The highest BCUT2D eigenvalue weighted by Gasteiger charge is 2.37. The first-order valence-electron chi connectivity index (χ1n) is 6.18. The Morgan fingerprint density at radius 2 is 0.870 bits per heavy atom. The molecule has 2 aliphatic rings. The molecule has 23 heavy (non-hydrogen) atoms. The third-order valence-electron chi connectivity index (χ3n) is 3.04. The third-order valence-corrected chi connectivity index (χ3v) is 4.63. The summed E-state index contributed by atoms with van der Waals surface area (Å²) in [6.07, 6.45) is 0. The Morgan fingerprint density at radius 3 is 1.13 bits per heavy atom. The van der Waals surface area contributed by atoms with E-state index in [0.717, 1.165) is 9.80 Å². The maximum Gasteiger partial charge on any atom is 0.274 e. The van der Waals surface area contributed by atoms with E-state index in [4.69, 9.17) is 51.1 Å². The smallest absolute Gasteiger partial charge is 0.274 e. The van der Waals surface area contributed by atoms with Gasteiger partial charge in [0.25, 0.3) is 23.6 Å². The lowest BCUT2D eigenvalue weighted by Gasteiger charge is -2.16. The van der Waals surface area contributed by atoms with E-state index in [0.29, 0.717) is 0 Å². The molecule has 0 radical (unpaired) electrons. The zero-order valence-electron chi connectivity index (χ0n) is 11.3. The van der Waals surface area contributed by atoms with Crippen molar-refractivity contribution < 1.29 is 23.9 Å². The fourth-order valence-corrected chi connectivity index (χ4v) is 2.59. The van der Waals surface area contributed by atoms with Crippen molar-refractivity contribution in [3.8, 4) is 0 Å². The van der Waals surface area contributed by atoms with Crippen LogP contribution in [0, 0.1) is 0 Å². The van der Waals surface area contributed by atoms with Crippen molar-refractivity contribution in [2.24, 2.45) is 0 Å². The largest absolute Gasteiger partial charge is 0.378 e. The summed E-state index contributed by atoms with van der Waals surface area (Å²) >= 11 is 22.3. The van der Waals surface area contributed by atoms with Gasteiger partial charge in [0.1, 0.15) is 20.1 Å². The predicted molar refractivity (Wildman–Crippen MR) is 81.7 cm³/mol. The first-order chi connectivity index (χ1) is 10.8. The van der Waals surface area contributed by atoms with E-state index in [2.05, 4.69) is 0 Å². The van der Waals surface area contributed by atoms with Gasteiger partial charge in [-0.15, -0.1) is 0 Å². The summed E-state index contributed by atoms with van der Waals surface area (Å²) in [5.74, 6) is -2.79. The average Bonchev–Trinajstić information content (AvgIpc) is 2.83. The van der Waals surface area contributed by atoms with Crippen LogP contribution < -0.4 is 0 Å². The predicted octanol–water partition coefficient (Wildman–Crippen LogP) is 1.12. The molecule has 4 amide bonds. The Balaban J connectivity index is 1.74. The topological polar surface area (TPSA) is 84.0 Å². The SMILES string of the molecule is O=C1C(Cl)=C(Cl)C(=O)N1CCOCCN1C(=O)C(Cl)=C(Cl)C1=O. The van der Waals surface area contributed by atoms with Gasteiger partial charge in [-0.2, -0.15) is 0 Å². The summed E-state index contributed by atoms with van der Waals surface area (Å²) in [5, 5.41) is -1.33. The van der Waals surface area contributed by atoms with E-state index in [1.165, 1.54) is 0 Å². The molecule has 0 aromatic carbocycles. The van der Waals surface area contributed by atoms with E-state index >= 15 is 0 Å². The Labute approximate surface area is 150 Å². The molecule has 0 N–H and O–H groups in total. The Hall–Kier alpha value is -1.12. The maximum absolute atomic E-state index is 11.6. The lowest BCUT2D eigenvalue weighted by atomic mass is 10.5. The molecule has 2 aliphatic heterocycles. The normalized spacial score (nSPS) is 19.1. The number of ether oxygens (including phenoxy) is 1. The van der Waals surface area contributed by atoms with Gasteiger partial charge >= 0.3 is 0 Å². The van der Waals surface area contributed by atoms with Gasteiger partial charge < -0.3 is 4.74 Å². The van der Waals surface area contributed by atoms with Crippen LogP contribution in [0.15, 0.2) is 20.1 Å². The molecule has 0 aliphatic carbocycles. The quantitative estimate of drug-likeness (QED) is 0.491. The van der Waals surface area contributed by atoms with Crippen molar-refractivity contribution in [3.05, 3.63) is 20.1 Å². The van der Waals surface area contributed by atoms with Crippen molar-refractivity contribution in [1.82, 2.24) is 9.80 Å². The summed E-state index contributed by atoms with van der Waals surface area (Å²) in [5.41, 5.74) is 0. The van der Waals surface area contributed by atoms with Gasteiger partial charge in [-0.05, 0) is 0 Å². The molecule has 7 nitrogen and oxygen atoms in total. The molecular formula is C12H8Cl4N2O5. The molecule has 0 saturated carbocycles. The second-order valence-corrected chi connectivity index (χ2v) is 5.90. The van der Waals surface area contributed by atoms with Gasteiger partial charge in [0, 0.05) is 0 Å². The number of hydrogen-bond acceptors (Lipinski definition) is 5. The summed E-state index contributed by atoms with van der Waals surface area (Å²) in [6.45, 7) is -0.161. The zero-order valence-corrected chi connectivity index (χ0v) is 14.3. The van der Waals surface area contributed by atoms with Crippen LogP contribution in [0.25, 0.3) is 0 Å². The Bertz CT molecular complexity index is 568. The van der Waals surface area contributed by atoms with Gasteiger partial charge in [-0.1, -0.05) is 46.4 Å². The first kappa shape index (κ1) is 18.2. The molecule has 0 spiro atoms. The molecule has 0 bridgehead atoms. The van der Waals surface area contributed by atoms with E-state index in [-0.39, 0.29) is 46.4 Å². The second-order valence-electron chi connectivity index (χ2n) is 4.39. The number of hydrogen-bond donors (Lipinski definition) is 0. The van der Waals surface area contributed by atoms with Crippen molar-refractivity contribution in [3.63, 3.8) is 0 Å². The molecule has 0 fully saturated rings. The number of imide groups is 2. The van der Waals surface area contributed by atoms with Crippen LogP contribution in [0.3, 0.4) is 0 Å². The maximum atomic E-state index is 11.6. The minimum atomic E-state index is -0.696. The van der Waals surface area contributed by atoms with Crippen LogP contribution in [-0.2, 0) is 23.9 Å². The summed E-state index contributed by atoms with van der Waals surface area (Å²) in [4.78, 5) is 48.1. The third kappa shape index (κ3) is 3.39. The van der Waals surface area contributed by atoms with Gasteiger partial charge in [0.15, 0.2) is 0 Å². The van der Waals surface area contributed by atoms with Gasteiger partial charge in [0.2, 0.25) is 0 Å². The fourth-order valence-electron chi connectivity index (χ4n) is 1.85. The minimum absolute atomic E-state index is 0.0169. The molecule has 124 valence electrons. The standard InChI is InChI=1S/C12H8Cl4N2O5/c13-5-6(14)10(20)17(9(5)19)1-3-23-4-2-18-11(21)7(15)8(16)12(18)22/h1-4H2. The number of carbonyl (C=O) groups excluding carboxylic acids is 4. The highest BCUT2D eigenvalue weighted by molar-refractivity contribution is 6.58. The summed E-state index contributed by atoms with van der Waals surface area (Å²) < 4.78 is 5.19. The zero-order chi connectivity index (χ0) is 17.3. The molecule has 0 aromatic rings. The Morgan fingerprint density at radius 1 is 0.609 bits per heavy atom. The molecule has 0 unspecified atom stereocenters. The van der Waals surface area contributed by atoms with Crippen molar-refractivity contribution in [2.45, 2.75) is 0 Å². The van der Waals surface area contributed by atoms with Gasteiger partial charge in [0.05, 0.1) is 26.3 Å². The lowest BCUT2D eigenvalue weighted by molar-refractivity contribution is -0.138. The number of nitrogens with zero attached hydrogens (tertiary/aromatic N) is 2. The molecule has 11 heteroatoms. The number of carbonyl (C=O) groups is 4. The molecule has 0 atom stereocenters. The van der Waals surface area contributed by atoms with Crippen molar-refractivity contribution >= 4 is 70.0 Å². The van der Waals surface area contributed by atoms with Crippen LogP contribution in [0.1, 0.15) is 0 Å². The van der Waals surface area contributed by atoms with Crippen LogP contribution >= 0.6 is 46.4 Å². The van der Waals surface area contributed by atoms with E-state index < -0.39 is 23.6 Å². The van der Waals surface area contributed by atoms with Gasteiger partial charge in [-0.3, -0.25) is 29.0 Å². The first-order valence-corrected chi connectivity index (χ1v) is 7.69. The van der Waals surface area contributed by atoms with Crippen LogP contribution in [-0.4, -0.2) is 59.7 Å². The fraction of sp³-hybridized carbons (Fsp3) is 0.333. The molecule has 2 heterocycles. The number of halogens is 4. The molecule has 0 aromatic heterocycles. The summed E-state index contributed by atoms with van der Waals surface area (Å²) in [7, 11) is 0. The van der Waals surface area contributed by atoms with E-state index in [1.807, 2.05) is 0 Å². The highest BCUT2D eigenvalue weighted by atomic mass is 35.5. The lowest BCUT2D eigenvalue weighted by Crippen LogP contribution is -2.36. The Kier molecular flexibility index (Phi) is 5.70. The number of amides is 4. The second kappa shape index (κ2) is 7.19. The number of rotatable bonds is 6. The van der Waals surface area contributed by atoms with Crippen LogP contribution in [0.5, 0.6) is 0 Å². The molecular weight excluding hydrogens is 394 g/mol. The minimum Gasteiger partial charge on any atom is -0.378 e. The molecule has 2 rings (SSSR count). The van der Waals surface area contributed by atoms with Crippen molar-refractivity contribution in [1.29, 1.82) is 0 Å².